The van der Waals surface area contributed by atoms with Crippen molar-refractivity contribution in [3.63, 3.8) is 0 Å². The number of nitrogens with two attached hydrogens (primary N) is 1. The van der Waals surface area contributed by atoms with E-state index in [2.05, 4.69) is 20.3 Å². The van der Waals surface area contributed by atoms with Gasteiger partial charge in [0.05, 0.1) is 5.56 Å². The van der Waals surface area contributed by atoms with E-state index in [9.17, 15) is 9.59 Å². The van der Waals surface area contributed by atoms with Gasteiger partial charge in [0, 0.05) is 39.8 Å². The second kappa shape index (κ2) is 7.88. The molecular weight excluding hydrogens is 402 g/mol. The van der Waals surface area contributed by atoms with Gasteiger partial charge in [0.1, 0.15) is 11.5 Å². The lowest BCUT2D eigenvalue weighted by atomic mass is 10.0. The number of pyridine rings is 1. The lowest BCUT2D eigenvalue weighted by Gasteiger charge is -2.05. The number of nitrogens with zero attached hydrogens (tertiary/aromatic N) is 1. The molecule has 32 heavy (non-hydrogen) atoms. The maximum Gasteiger partial charge on any atom is 0.258 e. The topological polar surface area (TPSA) is 117 Å². The van der Waals surface area contributed by atoms with Gasteiger partial charge in [0.25, 0.3) is 5.91 Å². The number of amides is 2. The number of aromatic amines is 2. The van der Waals surface area contributed by atoms with Crippen molar-refractivity contribution in [1.82, 2.24) is 15.0 Å². The third kappa shape index (κ3) is 3.52. The highest BCUT2D eigenvalue weighted by atomic mass is 16.2. The van der Waals surface area contributed by atoms with Crippen LogP contribution in [0.1, 0.15) is 21.5 Å². The first-order valence-electron chi connectivity index (χ1n) is 10.0. The second-order valence-electron chi connectivity index (χ2n) is 7.33. The van der Waals surface area contributed by atoms with Crippen LogP contribution in [0.25, 0.3) is 33.6 Å². The van der Waals surface area contributed by atoms with E-state index in [1.54, 1.807) is 24.5 Å². The van der Waals surface area contributed by atoms with Gasteiger partial charge in [-0.1, -0.05) is 48.5 Å². The van der Waals surface area contributed by atoms with Crippen LogP contribution in [0, 0.1) is 0 Å². The predicted molar refractivity (Wildman–Crippen MR) is 126 cm³/mol. The van der Waals surface area contributed by atoms with E-state index in [1.807, 2.05) is 60.7 Å². The van der Waals surface area contributed by atoms with Crippen molar-refractivity contribution < 1.29 is 9.59 Å². The number of hydrogen-bond donors (Lipinski definition) is 4. The third-order valence-electron chi connectivity index (χ3n) is 5.30. The molecular formula is C25H19N5O2. The molecule has 2 amide bonds. The van der Waals surface area contributed by atoms with Crippen LogP contribution in [0.5, 0.6) is 0 Å². The molecule has 5 aromatic rings. The molecule has 0 aliphatic carbocycles. The number of H-pyrrole nitrogens is 2. The van der Waals surface area contributed by atoms with Crippen molar-refractivity contribution in [3.05, 3.63) is 95.8 Å². The molecule has 5 rings (SSSR count). The fraction of sp³-hybridized carbons (Fsp3) is 0. The molecule has 0 radical (unpaired) electrons. The normalized spacial score (nSPS) is 11.7. The zero-order chi connectivity index (χ0) is 22.1. The fourth-order valence-electron chi connectivity index (χ4n) is 3.73. The van der Waals surface area contributed by atoms with Gasteiger partial charge in [-0.15, -0.1) is 0 Å². The Kier molecular flexibility index (Phi) is 4.76. The van der Waals surface area contributed by atoms with Crippen LogP contribution in [0.2, 0.25) is 0 Å². The highest BCUT2D eigenvalue weighted by molar-refractivity contribution is 6.24. The number of primary amides is 1. The average Bonchev–Trinajstić information content (AvgIpc) is 3.42. The molecule has 0 atom stereocenters. The number of carbonyl (C=O) groups excluding carboxylic acids is 2. The second-order valence-corrected chi connectivity index (χ2v) is 7.33. The van der Waals surface area contributed by atoms with Crippen molar-refractivity contribution >= 4 is 51.2 Å². The summed E-state index contributed by atoms with van der Waals surface area (Å²) < 4.78 is 0. The van der Waals surface area contributed by atoms with Crippen LogP contribution in [0.15, 0.2) is 79.1 Å². The molecule has 0 aliphatic heterocycles. The Morgan fingerprint density at radius 1 is 0.875 bits per heavy atom. The van der Waals surface area contributed by atoms with Gasteiger partial charge in [-0.3, -0.25) is 9.59 Å². The summed E-state index contributed by atoms with van der Waals surface area (Å²) in [7, 11) is 0. The first-order valence-corrected chi connectivity index (χ1v) is 10.0. The number of carbonyl (C=O) groups is 2. The SMILES string of the molecule is NC(=O)C(=Cc1c[nH]c2nc(NC(=O)c3c[nH]c4ccccc34)ccc12)c1ccccc1. The Labute approximate surface area is 183 Å². The van der Waals surface area contributed by atoms with Gasteiger partial charge in [0.2, 0.25) is 5.91 Å². The maximum absolute atomic E-state index is 12.8. The molecule has 0 bridgehead atoms. The number of para-hydroxylation sites is 1. The molecule has 0 saturated carbocycles. The minimum Gasteiger partial charge on any atom is -0.366 e. The van der Waals surface area contributed by atoms with Gasteiger partial charge in [-0.2, -0.15) is 0 Å². The molecule has 0 fully saturated rings. The van der Waals surface area contributed by atoms with Crippen molar-refractivity contribution in [2.75, 3.05) is 5.32 Å². The molecule has 7 nitrogen and oxygen atoms in total. The summed E-state index contributed by atoms with van der Waals surface area (Å²) >= 11 is 0. The van der Waals surface area contributed by atoms with E-state index in [4.69, 9.17) is 5.73 Å². The number of aromatic nitrogens is 3. The first-order chi connectivity index (χ1) is 15.6. The number of anilines is 1. The first kappa shape index (κ1) is 19.3. The monoisotopic (exact) mass is 421 g/mol. The number of benzene rings is 2. The fourth-order valence-corrected chi connectivity index (χ4v) is 3.73. The van der Waals surface area contributed by atoms with E-state index in [0.29, 0.717) is 22.6 Å². The number of rotatable bonds is 5. The molecule has 3 heterocycles. The third-order valence-corrected chi connectivity index (χ3v) is 5.30. The predicted octanol–water partition coefficient (Wildman–Crippen LogP) is 4.32. The van der Waals surface area contributed by atoms with Crippen molar-refractivity contribution in [2.24, 2.45) is 5.73 Å². The summed E-state index contributed by atoms with van der Waals surface area (Å²) in [6, 6.07) is 20.4. The molecule has 0 spiro atoms. The van der Waals surface area contributed by atoms with Crippen molar-refractivity contribution in [2.45, 2.75) is 0 Å². The lowest BCUT2D eigenvalue weighted by molar-refractivity contribution is -0.112. The van der Waals surface area contributed by atoms with Gasteiger partial charge in [-0.25, -0.2) is 4.98 Å². The molecule has 2 aromatic carbocycles. The summed E-state index contributed by atoms with van der Waals surface area (Å²) in [5, 5.41) is 4.50. The van der Waals surface area contributed by atoms with E-state index in [0.717, 1.165) is 27.4 Å². The van der Waals surface area contributed by atoms with E-state index in [-0.39, 0.29) is 5.91 Å². The van der Waals surface area contributed by atoms with Gasteiger partial charge in [0.15, 0.2) is 0 Å². The quantitative estimate of drug-likeness (QED) is 0.317. The van der Waals surface area contributed by atoms with Crippen molar-refractivity contribution in [3.8, 4) is 0 Å². The largest absolute Gasteiger partial charge is 0.366 e. The van der Waals surface area contributed by atoms with Crippen LogP contribution >= 0.6 is 0 Å². The van der Waals surface area contributed by atoms with Gasteiger partial charge >= 0.3 is 0 Å². The molecule has 3 aromatic heterocycles. The zero-order valence-electron chi connectivity index (χ0n) is 16.9. The van der Waals surface area contributed by atoms with Crippen LogP contribution in [0.3, 0.4) is 0 Å². The Hall–Kier alpha value is -4.65. The smallest absolute Gasteiger partial charge is 0.258 e. The Balaban J connectivity index is 1.45. The summed E-state index contributed by atoms with van der Waals surface area (Å²) in [4.78, 5) is 35.5. The minimum absolute atomic E-state index is 0.249. The average molecular weight is 421 g/mol. The number of fused-ring (bicyclic) bond motifs is 2. The molecule has 0 unspecified atom stereocenters. The maximum atomic E-state index is 12.8. The van der Waals surface area contributed by atoms with E-state index in [1.165, 1.54) is 0 Å². The summed E-state index contributed by atoms with van der Waals surface area (Å²) in [5.74, 6) is -0.342. The summed E-state index contributed by atoms with van der Waals surface area (Å²) in [6.45, 7) is 0. The molecule has 0 saturated heterocycles. The van der Waals surface area contributed by atoms with Crippen LogP contribution < -0.4 is 11.1 Å². The Morgan fingerprint density at radius 2 is 1.66 bits per heavy atom. The lowest BCUT2D eigenvalue weighted by Crippen LogP contribution is -2.12. The van der Waals surface area contributed by atoms with Gasteiger partial charge in [-0.05, 0) is 29.8 Å². The van der Waals surface area contributed by atoms with Crippen molar-refractivity contribution in [1.29, 1.82) is 0 Å². The van der Waals surface area contributed by atoms with Crippen LogP contribution in [-0.2, 0) is 4.79 Å². The Morgan fingerprint density at radius 3 is 2.47 bits per heavy atom. The highest BCUT2D eigenvalue weighted by Crippen LogP contribution is 2.25. The standard InChI is InChI=1S/C25H19N5O2/c26-23(31)19(15-6-2-1-3-7-15)12-16-13-28-24-17(16)10-11-22(29-24)30-25(32)20-14-27-21-9-5-4-8-18(20)21/h1-14,27H,(H2,26,31)(H2,28,29,30,32). The van der Waals surface area contributed by atoms with E-state index < -0.39 is 5.91 Å². The Bertz CT molecular complexity index is 1490. The highest BCUT2D eigenvalue weighted by Gasteiger charge is 2.14. The van der Waals surface area contributed by atoms with Crippen LogP contribution in [0.4, 0.5) is 5.82 Å². The van der Waals surface area contributed by atoms with Gasteiger partial charge < -0.3 is 21.0 Å². The number of nitrogens with one attached hydrogen (secondary N) is 3. The molecule has 5 N–H and O–H groups in total. The van der Waals surface area contributed by atoms with E-state index >= 15 is 0 Å². The summed E-state index contributed by atoms with van der Waals surface area (Å²) in [5.41, 5.74) is 9.56. The van der Waals surface area contributed by atoms with Crippen LogP contribution in [-0.4, -0.2) is 26.8 Å². The summed E-state index contributed by atoms with van der Waals surface area (Å²) in [6.07, 6.45) is 5.18. The zero-order valence-corrected chi connectivity index (χ0v) is 16.9. The molecule has 156 valence electrons. The number of hydrogen-bond acceptors (Lipinski definition) is 3. The molecule has 7 heteroatoms. The molecule has 0 aliphatic rings. The minimum atomic E-state index is -0.513.